The van der Waals surface area contributed by atoms with Crippen molar-refractivity contribution in [2.75, 3.05) is 4.90 Å². The normalized spacial score (nSPS) is 17.0. The predicted molar refractivity (Wildman–Crippen MR) is 96.4 cm³/mol. The van der Waals surface area contributed by atoms with Crippen LogP contribution in [-0.2, 0) is 23.9 Å². The summed E-state index contributed by atoms with van der Waals surface area (Å²) in [5.41, 5.74) is 1.64. The highest BCUT2D eigenvalue weighted by molar-refractivity contribution is 5.96. The smallest absolute Gasteiger partial charge is 0.311 e. The number of alkyl halides is 3. The lowest BCUT2D eigenvalue weighted by atomic mass is 9.96. The van der Waals surface area contributed by atoms with Crippen molar-refractivity contribution in [2.24, 2.45) is 0 Å². The van der Waals surface area contributed by atoms with Gasteiger partial charge >= 0.3 is 6.18 Å². The van der Waals surface area contributed by atoms with E-state index in [0.717, 1.165) is 4.57 Å². The third-order valence-electron chi connectivity index (χ3n) is 5.04. The number of rotatable bonds is 2. The van der Waals surface area contributed by atoms with E-state index in [0.29, 0.717) is 24.1 Å². The van der Waals surface area contributed by atoms with Gasteiger partial charge < -0.3 is 9.47 Å². The molecule has 1 aromatic heterocycles. The van der Waals surface area contributed by atoms with E-state index in [4.69, 9.17) is 0 Å². The molecular formula is C20H17F4N3O. The third kappa shape index (κ3) is 3.12. The zero-order chi connectivity index (χ0) is 20.1. The summed E-state index contributed by atoms with van der Waals surface area (Å²) < 4.78 is 54.9. The number of hydrogen-bond donors (Lipinski definition) is 0. The molecule has 1 aliphatic heterocycles. The maximum Gasteiger partial charge on any atom is 0.449 e. The fourth-order valence-corrected chi connectivity index (χ4v) is 3.76. The first-order chi connectivity index (χ1) is 13.3. The maximum atomic E-state index is 13.5. The molecule has 28 heavy (non-hydrogen) atoms. The molecule has 1 atom stereocenters. The lowest BCUT2D eigenvalue weighted by Gasteiger charge is -2.35. The van der Waals surface area contributed by atoms with Gasteiger partial charge in [-0.05, 0) is 55.7 Å². The van der Waals surface area contributed by atoms with E-state index in [2.05, 4.69) is 4.98 Å². The standard InChI is InChI=1S/C20H17F4N3O/c1-12-6-7-13-10-14(21)8-9-16(13)27(12)18(28)11-26-17-5-3-2-4-15(17)25-19(26)20(22,23)24/h2-5,8-10,12H,6-7,11H2,1H3/t12-/m1/s1. The van der Waals surface area contributed by atoms with Gasteiger partial charge in [0.15, 0.2) is 0 Å². The summed E-state index contributed by atoms with van der Waals surface area (Å²) >= 11 is 0. The molecule has 4 rings (SSSR count). The molecule has 146 valence electrons. The van der Waals surface area contributed by atoms with E-state index < -0.39 is 30.3 Å². The van der Waals surface area contributed by atoms with Crippen LogP contribution in [0.3, 0.4) is 0 Å². The number of aromatic nitrogens is 2. The SMILES string of the molecule is C[C@@H]1CCc2cc(F)ccc2N1C(=O)Cn1c(C(F)(F)F)nc2ccccc21. The molecule has 0 fully saturated rings. The average Bonchev–Trinajstić information content (AvgIpc) is 3.01. The highest BCUT2D eigenvalue weighted by Gasteiger charge is 2.39. The molecule has 0 saturated carbocycles. The molecule has 2 aromatic carbocycles. The number of benzene rings is 2. The minimum absolute atomic E-state index is 0.178. The third-order valence-corrected chi connectivity index (χ3v) is 5.04. The second-order valence-electron chi connectivity index (χ2n) is 6.93. The Hall–Kier alpha value is -2.90. The van der Waals surface area contributed by atoms with Gasteiger partial charge in [-0.3, -0.25) is 4.79 Å². The molecule has 1 aliphatic rings. The van der Waals surface area contributed by atoms with Crippen LogP contribution >= 0.6 is 0 Å². The van der Waals surface area contributed by atoms with Crippen LogP contribution in [-0.4, -0.2) is 21.5 Å². The first-order valence-corrected chi connectivity index (χ1v) is 8.88. The molecule has 2 heterocycles. The number of imidazole rings is 1. The van der Waals surface area contributed by atoms with Crippen molar-refractivity contribution in [1.82, 2.24) is 9.55 Å². The molecule has 8 heteroatoms. The first kappa shape index (κ1) is 18.5. The average molecular weight is 391 g/mol. The van der Waals surface area contributed by atoms with Crippen molar-refractivity contribution in [3.05, 3.63) is 59.7 Å². The minimum atomic E-state index is -4.69. The van der Waals surface area contributed by atoms with Crippen LogP contribution in [0.1, 0.15) is 24.7 Å². The minimum Gasteiger partial charge on any atom is -0.311 e. The summed E-state index contributed by atoms with van der Waals surface area (Å²) in [6.45, 7) is 1.33. The van der Waals surface area contributed by atoms with Crippen LogP contribution < -0.4 is 4.90 Å². The molecule has 0 bridgehead atoms. The summed E-state index contributed by atoms with van der Waals surface area (Å²) in [6.07, 6.45) is -3.47. The Morgan fingerprint density at radius 1 is 1.21 bits per heavy atom. The first-order valence-electron chi connectivity index (χ1n) is 8.88. The molecule has 0 spiro atoms. The molecule has 1 amide bonds. The van der Waals surface area contributed by atoms with Crippen LogP contribution in [0.15, 0.2) is 42.5 Å². The highest BCUT2D eigenvalue weighted by atomic mass is 19.4. The predicted octanol–water partition coefficient (Wildman–Crippen LogP) is 4.56. The molecule has 0 aliphatic carbocycles. The van der Waals surface area contributed by atoms with Crippen LogP contribution in [0, 0.1) is 5.82 Å². The summed E-state index contributed by atoms with van der Waals surface area (Å²) in [4.78, 5) is 18.2. The van der Waals surface area contributed by atoms with E-state index in [1.807, 2.05) is 6.92 Å². The number of amides is 1. The summed E-state index contributed by atoms with van der Waals surface area (Å²) in [5.74, 6) is -2.00. The Bertz CT molecular complexity index is 1060. The molecule has 0 N–H and O–H groups in total. The van der Waals surface area contributed by atoms with Crippen LogP contribution in [0.25, 0.3) is 11.0 Å². The molecular weight excluding hydrogens is 374 g/mol. The van der Waals surface area contributed by atoms with Gasteiger partial charge in [0.05, 0.1) is 11.0 Å². The van der Waals surface area contributed by atoms with Crippen molar-refractivity contribution in [1.29, 1.82) is 0 Å². The zero-order valence-corrected chi connectivity index (χ0v) is 15.0. The fraction of sp³-hybridized carbons (Fsp3) is 0.300. The van der Waals surface area contributed by atoms with Gasteiger partial charge in [0.25, 0.3) is 0 Å². The molecule has 0 radical (unpaired) electrons. The van der Waals surface area contributed by atoms with Gasteiger partial charge in [0.1, 0.15) is 12.4 Å². The maximum absolute atomic E-state index is 13.5. The number of carbonyl (C=O) groups excluding carboxylic acids is 1. The summed E-state index contributed by atoms with van der Waals surface area (Å²) in [5, 5.41) is 0. The number of anilines is 1. The van der Waals surface area contributed by atoms with E-state index in [9.17, 15) is 22.4 Å². The molecule has 4 nitrogen and oxygen atoms in total. The Balaban J connectivity index is 1.76. The van der Waals surface area contributed by atoms with Gasteiger partial charge in [-0.1, -0.05) is 12.1 Å². The van der Waals surface area contributed by atoms with Crippen molar-refractivity contribution in [3.8, 4) is 0 Å². The number of fused-ring (bicyclic) bond motifs is 2. The lowest BCUT2D eigenvalue weighted by Crippen LogP contribution is -2.44. The van der Waals surface area contributed by atoms with Crippen molar-refractivity contribution in [3.63, 3.8) is 0 Å². The second-order valence-corrected chi connectivity index (χ2v) is 6.93. The lowest BCUT2D eigenvalue weighted by molar-refractivity contribution is -0.147. The van der Waals surface area contributed by atoms with Crippen molar-refractivity contribution >= 4 is 22.6 Å². The fourth-order valence-electron chi connectivity index (χ4n) is 3.76. The van der Waals surface area contributed by atoms with Crippen LogP contribution in [0.5, 0.6) is 0 Å². The number of para-hydroxylation sites is 2. The Kier molecular flexibility index (Phi) is 4.36. The van der Waals surface area contributed by atoms with Gasteiger partial charge in [0, 0.05) is 11.7 Å². The largest absolute Gasteiger partial charge is 0.449 e. The summed E-state index contributed by atoms with van der Waals surface area (Å²) in [7, 11) is 0. The highest BCUT2D eigenvalue weighted by Crippen LogP contribution is 2.34. The number of halogens is 4. The topological polar surface area (TPSA) is 38.1 Å². The Morgan fingerprint density at radius 2 is 1.96 bits per heavy atom. The Labute approximate surface area is 158 Å². The van der Waals surface area contributed by atoms with Crippen molar-refractivity contribution in [2.45, 2.75) is 38.5 Å². The number of carbonyl (C=O) groups is 1. The van der Waals surface area contributed by atoms with Gasteiger partial charge in [0.2, 0.25) is 11.7 Å². The monoisotopic (exact) mass is 391 g/mol. The quantitative estimate of drug-likeness (QED) is 0.601. The number of aryl methyl sites for hydroxylation is 1. The number of hydrogen-bond acceptors (Lipinski definition) is 2. The van der Waals surface area contributed by atoms with E-state index in [-0.39, 0.29) is 17.1 Å². The summed E-state index contributed by atoms with van der Waals surface area (Å²) in [6, 6.07) is 10.1. The van der Waals surface area contributed by atoms with Crippen LogP contribution in [0.2, 0.25) is 0 Å². The second kappa shape index (κ2) is 6.61. The Morgan fingerprint density at radius 3 is 2.71 bits per heavy atom. The van der Waals surface area contributed by atoms with Gasteiger partial charge in [-0.25, -0.2) is 9.37 Å². The molecule has 0 saturated heterocycles. The van der Waals surface area contributed by atoms with Crippen molar-refractivity contribution < 1.29 is 22.4 Å². The number of nitrogens with zero attached hydrogens (tertiary/aromatic N) is 3. The molecule has 0 unspecified atom stereocenters. The van der Waals surface area contributed by atoms with Crippen LogP contribution in [0.4, 0.5) is 23.2 Å². The van der Waals surface area contributed by atoms with E-state index >= 15 is 0 Å². The van der Waals surface area contributed by atoms with E-state index in [1.165, 1.54) is 35.2 Å². The molecule has 3 aromatic rings. The zero-order valence-electron chi connectivity index (χ0n) is 15.0. The van der Waals surface area contributed by atoms with Gasteiger partial charge in [-0.15, -0.1) is 0 Å². The van der Waals surface area contributed by atoms with E-state index in [1.54, 1.807) is 12.1 Å². The van der Waals surface area contributed by atoms with Gasteiger partial charge in [-0.2, -0.15) is 13.2 Å².